The van der Waals surface area contributed by atoms with Crippen molar-refractivity contribution in [2.45, 2.75) is 25.9 Å². The van der Waals surface area contributed by atoms with Gasteiger partial charge >= 0.3 is 0 Å². The van der Waals surface area contributed by atoms with E-state index in [9.17, 15) is 9.18 Å². The van der Waals surface area contributed by atoms with E-state index >= 15 is 0 Å². The van der Waals surface area contributed by atoms with Crippen LogP contribution in [0.2, 0.25) is 0 Å². The predicted octanol–water partition coefficient (Wildman–Crippen LogP) is 2.11. The molecule has 0 unspecified atom stereocenters. The molecule has 170 valence electrons. The van der Waals surface area contributed by atoms with Gasteiger partial charge in [-0.3, -0.25) is 4.79 Å². The molecule has 5 rings (SSSR count). The van der Waals surface area contributed by atoms with Gasteiger partial charge in [0, 0.05) is 37.4 Å². The molecule has 0 radical (unpaired) electrons. The van der Waals surface area contributed by atoms with Crippen molar-refractivity contribution >= 4 is 22.9 Å². The third-order valence-electron chi connectivity index (χ3n) is 5.65. The Kier molecular flexibility index (Phi) is 5.32. The van der Waals surface area contributed by atoms with Crippen LogP contribution in [0.1, 0.15) is 23.8 Å². The first-order valence-electron chi connectivity index (χ1n) is 10.5. The maximum atomic E-state index is 14.3. The molecule has 1 atom stereocenters. The zero-order valence-electron chi connectivity index (χ0n) is 18.1. The largest absolute Gasteiger partial charge is 0.479 e. The maximum absolute atomic E-state index is 14.3. The van der Waals surface area contributed by atoms with Crippen molar-refractivity contribution < 1.29 is 13.9 Å². The number of rotatable bonds is 6. The number of aromatic amines is 1. The van der Waals surface area contributed by atoms with Crippen molar-refractivity contribution in [3.63, 3.8) is 0 Å². The lowest BCUT2D eigenvalue weighted by Gasteiger charge is -2.16. The Bertz CT molecular complexity index is 1300. The van der Waals surface area contributed by atoms with Crippen LogP contribution in [0.4, 0.5) is 10.2 Å². The van der Waals surface area contributed by atoms with E-state index in [1.165, 1.54) is 38.2 Å². The highest BCUT2D eigenvalue weighted by Gasteiger charge is 2.29. The molecule has 4 aromatic rings. The Hall–Kier alpha value is -4.09. The van der Waals surface area contributed by atoms with Crippen molar-refractivity contribution in [3.8, 4) is 17.3 Å². The molecule has 1 fully saturated rings. The number of pyridine rings is 1. The quantitative estimate of drug-likeness (QED) is 0.456. The number of hydrogen-bond acceptors (Lipinski definition) is 8. The minimum absolute atomic E-state index is 0.00490. The molecule has 5 heterocycles. The normalized spacial score (nSPS) is 15.8. The summed E-state index contributed by atoms with van der Waals surface area (Å²) in [5.74, 6) is 0.373. The highest BCUT2D eigenvalue weighted by atomic mass is 19.1. The number of fused-ring (bicyclic) bond motifs is 1. The molecule has 0 aromatic carbocycles. The molecule has 2 N–H and O–H groups in total. The molecule has 0 saturated carbocycles. The summed E-state index contributed by atoms with van der Waals surface area (Å²) >= 11 is 0. The fraction of sp³-hybridized carbons (Fsp3) is 0.333. The van der Waals surface area contributed by atoms with Gasteiger partial charge in [0.1, 0.15) is 17.8 Å². The van der Waals surface area contributed by atoms with Gasteiger partial charge in [-0.05, 0) is 19.4 Å². The minimum atomic E-state index is -0.567. The van der Waals surface area contributed by atoms with Crippen LogP contribution in [0.5, 0.6) is 5.88 Å². The van der Waals surface area contributed by atoms with E-state index in [0.717, 1.165) is 6.42 Å². The second-order valence-corrected chi connectivity index (χ2v) is 7.64. The Morgan fingerprint density at radius 1 is 1.33 bits per heavy atom. The van der Waals surface area contributed by atoms with Gasteiger partial charge in [0.25, 0.3) is 5.91 Å². The van der Waals surface area contributed by atoms with Crippen LogP contribution in [-0.2, 0) is 6.54 Å². The number of imidazole rings is 2. The Labute approximate surface area is 188 Å². The van der Waals surface area contributed by atoms with Gasteiger partial charge < -0.3 is 24.5 Å². The number of carbonyl (C=O) groups excluding carboxylic acids is 1. The number of aromatic nitrogens is 7. The zero-order valence-corrected chi connectivity index (χ0v) is 18.1. The number of hydrogen-bond donors (Lipinski definition) is 2. The Morgan fingerprint density at radius 3 is 2.94 bits per heavy atom. The van der Waals surface area contributed by atoms with E-state index in [2.05, 4.69) is 30.2 Å². The minimum Gasteiger partial charge on any atom is -0.479 e. The van der Waals surface area contributed by atoms with E-state index in [1.54, 1.807) is 4.90 Å². The zero-order chi connectivity index (χ0) is 22.9. The van der Waals surface area contributed by atoms with Gasteiger partial charge in [0.15, 0.2) is 22.8 Å². The number of likely N-dealkylation sites (tertiary alicyclic amines) is 1. The van der Waals surface area contributed by atoms with Gasteiger partial charge in [0.05, 0.1) is 19.6 Å². The average Bonchev–Trinajstić information content (AvgIpc) is 3.58. The lowest BCUT2D eigenvalue weighted by molar-refractivity contribution is 0.0786. The van der Waals surface area contributed by atoms with Crippen molar-refractivity contribution in [2.75, 3.05) is 25.5 Å². The predicted molar refractivity (Wildman–Crippen MR) is 117 cm³/mol. The Morgan fingerprint density at radius 2 is 2.21 bits per heavy atom. The summed E-state index contributed by atoms with van der Waals surface area (Å²) in [5.41, 5.74) is 2.18. The van der Waals surface area contributed by atoms with Crippen LogP contribution in [0.3, 0.4) is 0 Å². The van der Waals surface area contributed by atoms with Crippen LogP contribution < -0.4 is 10.1 Å². The molecule has 12 heteroatoms. The standard InChI is InChI=1S/C21H22FN9O2/c1-3-31-18(12-6-14(22)20(33-2)24-7-12)29-16-17(26-11-27-19(16)31)28-13-4-5-30(9-13)21(32)15-8-23-10-25-15/h6-8,10-11,13H,3-5,9H2,1-2H3,(H,23,25)(H,26,27,28)/t13-/m0/s1. The molecule has 1 amide bonds. The fourth-order valence-corrected chi connectivity index (χ4v) is 4.06. The molecule has 11 nitrogen and oxygen atoms in total. The highest BCUT2D eigenvalue weighted by Crippen LogP contribution is 2.29. The molecule has 4 aromatic heterocycles. The van der Waals surface area contributed by atoms with Crippen LogP contribution >= 0.6 is 0 Å². The number of carbonyl (C=O) groups is 1. The summed E-state index contributed by atoms with van der Waals surface area (Å²) in [6, 6.07) is 1.35. The summed E-state index contributed by atoms with van der Waals surface area (Å²) in [4.78, 5) is 38.6. The van der Waals surface area contributed by atoms with E-state index in [4.69, 9.17) is 9.72 Å². The number of nitrogens with zero attached hydrogens (tertiary/aromatic N) is 7. The van der Waals surface area contributed by atoms with Crippen LogP contribution in [0.15, 0.2) is 31.1 Å². The number of H-pyrrole nitrogens is 1. The summed E-state index contributed by atoms with van der Waals surface area (Å²) < 4.78 is 21.1. The molecule has 1 aliphatic rings. The van der Waals surface area contributed by atoms with Gasteiger partial charge in [-0.25, -0.2) is 29.3 Å². The number of methoxy groups -OCH3 is 1. The summed E-state index contributed by atoms with van der Waals surface area (Å²) in [6.45, 7) is 3.68. The van der Waals surface area contributed by atoms with Gasteiger partial charge in [-0.15, -0.1) is 0 Å². The number of halogens is 1. The molecule has 33 heavy (non-hydrogen) atoms. The number of nitrogens with one attached hydrogen (secondary N) is 2. The second-order valence-electron chi connectivity index (χ2n) is 7.64. The van der Waals surface area contributed by atoms with Gasteiger partial charge in [-0.1, -0.05) is 0 Å². The molecule has 1 saturated heterocycles. The third-order valence-corrected chi connectivity index (χ3v) is 5.65. The average molecular weight is 451 g/mol. The van der Waals surface area contributed by atoms with Crippen LogP contribution in [-0.4, -0.2) is 71.5 Å². The van der Waals surface area contributed by atoms with E-state index in [-0.39, 0.29) is 17.8 Å². The first-order valence-corrected chi connectivity index (χ1v) is 10.5. The third kappa shape index (κ3) is 3.73. The first-order chi connectivity index (χ1) is 16.1. The summed E-state index contributed by atoms with van der Waals surface area (Å²) in [5, 5.41) is 3.40. The lowest BCUT2D eigenvalue weighted by atomic mass is 10.2. The fourth-order valence-electron chi connectivity index (χ4n) is 4.06. The molecule has 0 aliphatic carbocycles. The van der Waals surface area contributed by atoms with E-state index in [1.807, 2.05) is 11.5 Å². The van der Waals surface area contributed by atoms with Crippen molar-refractivity contribution in [1.82, 2.24) is 39.4 Å². The Balaban J connectivity index is 1.43. The van der Waals surface area contributed by atoms with Crippen molar-refractivity contribution in [2.24, 2.45) is 0 Å². The topological polar surface area (TPSA) is 127 Å². The number of amides is 1. The molecular weight excluding hydrogens is 429 g/mol. The van der Waals surface area contributed by atoms with Gasteiger partial charge in [-0.2, -0.15) is 0 Å². The first kappa shape index (κ1) is 20.8. The van der Waals surface area contributed by atoms with Crippen LogP contribution in [0, 0.1) is 5.82 Å². The second kappa shape index (κ2) is 8.45. The smallest absolute Gasteiger partial charge is 0.271 e. The van der Waals surface area contributed by atoms with Gasteiger partial charge in [0.2, 0.25) is 5.88 Å². The maximum Gasteiger partial charge on any atom is 0.271 e. The summed E-state index contributed by atoms with van der Waals surface area (Å²) in [7, 11) is 1.37. The van der Waals surface area contributed by atoms with Crippen molar-refractivity contribution in [3.05, 3.63) is 42.6 Å². The SMILES string of the molecule is CCn1c(-c2cnc(OC)c(F)c2)nc2c(N[C@H]3CCN(C(=O)c4cnc[nH]4)C3)ncnc21. The summed E-state index contributed by atoms with van der Waals surface area (Å²) in [6.07, 6.45) is 6.76. The van der Waals surface area contributed by atoms with Crippen molar-refractivity contribution in [1.29, 1.82) is 0 Å². The monoisotopic (exact) mass is 451 g/mol. The molecule has 0 bridgehead atoms. The highest BCUT2D eigenvalue weighted by molar-refractivity contribution is 5.92. The molecule has 0 spiro atoms. The van der Waals surface area contributed by atoms with E-state index in [0.29, 0.717) is 53.7 Å². The lowest BCUT2D eigenvalue weighted by Crippen LogP contribution is -2.32. The number of ether oxygens (including phenoxy) is 1. The van der Waals surface area contributed by atoms with Crippen LogP contribution in [0.25, 0.3) is 22.6 Å². The molecule has 1 aliphatic heterocycles. The van der Waals surface area contributed by atoms with E-state index < -0.39 is 5.82 Å². The number of anilines is 1. The number of aryl methyl sites for hydroxylation is 1. The molecular formula is C21H22FN9O2.